The van der Waals surface area contributed by atoms with Crippen LogP contribution in [0, 0.1) is 0 Å². The standard InChI is InChI=1S/C22H25N5O2/c1-2-26-13-14-27(16-21(26)28)20-12-11-18(15-23-20)22-24-19(25-29-22)10-6-9-17-7-4-3-5-8-17/h3-5,7-8,11-12,15H,2,6,9-10,13-14,16H2,1H3. The predicted octanol–water partition coefficient (Wildman–Crippen LogP) is 2.98. The summed E-state index contributed by atoms with van der Waals surface area (Å²) in [6, 6.07) is 14.2. The lowest BCUT2D eigenvalue weighted by Gasteiger charge is -2.34. The Kier molecular flexibility index (Phi) is 5.84. The van der Waals surface area contributed by atoms with Crippen LogP contribution in [0.5, 0.6) is 0 Å². The van der Waals surface area contributed by atoms with E-state index in [0.29, 0.717) is 18.3 Å². The molecule has 1 amide bonds. The SMILES string of the molecule is CCN1CCN(c2ccc(-c3nc(CCCc4ccccc4)no3)cn2)CC1=O. The van der Waals surface area contributed by atoms with Crippen molar-refractivity contribution in [1.29, 1.82) is 0 Å². The fraction of sp³-hybridized carbons (Fsp3) is 0.364. The number of likely N-dealkylation sites (N-methyl/N-ethyl adjacent to an activating group) is 1. The van der Waals surface area contributed by atoms with E-state index >= 15 is 0 Å². The van der Waals surface area contributed by atoms with Gasteiger partial charge in [0.1, 0.15) is 5.82 Å². The molecule has 1 aliphatic heterocycles. The zero-order chi connectivity index (χ0) is 20.1. The van der Waals surface area contributed by atoms with Gasteiger partial charge in [0.15, 0.2) is 5.82 Å². The van der Waals surface area contributed by atoms with Gasteiger partial charge in [0.25, 0.3) is 5.89 Å². The number of hydrogen-bond acceptors (Lipinski definition) is 6. The van der Waals surface area contributed by atoms with Crippen LogP contribution in [-0.2, 0) is 17.6 Å². The molecular formula is C22H25N5O2. The van der Waals surface area contributed by atoms with Gasteiger partial charge in [-0.25, -0.2) is 4.98 Å². The zero-order valence-corrected chi connectivity index (χ0v) is 16.6. The average molecular weight is 391 g/mol. The number of hydrogen-bond donors (Lipinski definition) is 0. The van der Waals surface area contributed by atoms with E-state index in [1.165, 1.54) is 5.56 Å². The van der Waals surface area contributed by atoms with Crippen molar-refractivity contribution in [2.75, 3.05) is 31.1 Å². The maximum absolute atomic E-state index is 12.1. The van der Waals surface area contributed by atoms with Gasteiger partial charge in [-0.2, -0.15) is 4.98 Å². The highest BCUT2D eigenvalue weighted by molar-refractivity contribution is 5.82. The molecule has 0 N–H and O–H groups in total. The summed E-state index contributed by atoms with van der Waals surface area (Å²) in [6.45, 7) is 4.64. The molecule has 1 saturated heterocycles. The third kappa shape index (κ3) is 4.62. The van der Waals surface area contributed by atoms with Crippen molar-refractivity contribution in [3.8, 4) is 11.5 Å². The molecule has 0 aliphatic carbocycles. The first kappa shape index (κ1) is 19.1. The monoisotopic (exact) mass is 391 g/mol. The Bertz CT molecular complexity index is 939. The maximum atomic E-state index is 12.1. The quantitative estimate of drug-likeness (QED) is 0.616. The number of rotatable bonds is 7. The van der Waals surface area contributed by atoms with Gasteiger partial charge < -0.3 is 14.3 Å². The van der Waals surface area contributed by atoms with Gasteiger partial charge in [-0.15, -0.1) is 0 Å². The minimum absolute atomic E-state index is 0.140. The largest absolute Gasteiger partial charge is 0.346 e. The number of nitrogens with zero attached hydrogens (tertiary/aromatic N) is 5. The minimum atomic E-state index is 0.140. The van der Waals surface area contributed by atoms with Crippen molar-refractivity contribution in [3.05, 3.63) is 60.0 Å². The summed E-state index contributed by atoms with van der Waals surface area (Å²) in [6.07, 6.45) is 4.46. The summed E-state index contributed by atoms with van der Waals surface area (Å²) in [7, 11) is 0. The van der Waals surface area contributed by atoms with Crippen molar-refractivity contribution < 1.29 is 9.32 Å². The molecule has 29 heavy (non-hydrogen) atoms. The molecule has 0 saturated carbocycles. The van der Waals surface area contributed by atoms with Crippen LogP contribution in [0.4, 0.5) is 5.82 Å². The Labute approximate surface area is 170 Å². The van der Waals surface area contributed by atoms with Crippen LogP contribution in [0.15, 0.2) is 53.2 Å². The van der Waals surface area contributed by atoms with Crippen LogP contribution < -0.4 is 4.90 Å². The van der Waals surface area contributed by atoms with Gasteiger partial charge >= 0.3 is 0 Å². The molecule has 0 unspecified atom stereocenters. The van der Waals surface area contributed by atoms with E-state index < -0.39 is 0 Å². The summed E-state index contributed by atoms with van der Waals surface area (Å²) in [5, 5.41) is 4.09. The first-order valence-corrected chi connectivity index (χ1v) is 10.1. The summed E-state index contributed by atoms with van der Waals surface area (Å²) in [5.41, 5.74) is 2.10. The summed E-state index contributed by atoms with van der Waals surface area (Å²) in [5.74, 6) is 2.12. The van der Waals surface area contributed by atoms with Crippen molar-refractivity contribution >= 4 is 11.7 Å². The molecule has 0 atom stereocenters. The Morgan fingerprint density at radius 3 is 2.66 bits per heavy atom. The third-order valence-corrected chi connectivity index (χ3v) is 5.20. The Morgan fingerprint density at radius 2 is 1.93 bits per heavy atom. The second-order valence-electron chi connectivity index (χ2n) is 7.15. The normalized spacial score (nSPS) is 14.4. The summed E-state index contributed by atoms with van der Waals surface area (Å²) >= 11 is 0. The fourth-order valence-corrected chi connectivity index (χ4v) is 3.51. The highest BCUT2D eigenvalue weighted by atomic mass is 16.5. The number of aromatic nitrogens is 3. The Balaban J connectivity index is 1.34. The molecule has 3 aromatic rings. The van der Waals surface area contributed by atoms with Gasteiger partial charge in [0.2, 0.25) is 5.91 Å². The highest BCUT2D eigenvalue weighted by Crippen LogP contribution is 2.21. The van der Waals surface area contributed by atoms with E-state index in [0.717, 1.165) is 50.3 Å². The van der Waals surface area contributed by atoms with Crippen LogP contribution in [0.2, 0.25) is 0 Å². The van der Waals surface area contributed by atoms with Crippen LogP contribution in [0.3, 0.4) is 0 Å². The maximum Gasteiger partial charge on any atom is 0.259 e. The molecule has 0 spiro atoms. The number of amides is 1. The number of carbonyl (C=O) groups is 1. The number of pyridine rings is 1. The summed E-state index contributed by atoms with van der Waals surface area (Å²) < 4.78 is 5.41. The minimum Gasteiger partial charge on any atom is -0.346 e. The lowest BCUT2D eigenvalue weighted by Crippen LogP contribution is -2.50. The topological polar surface area (TPSA) is 75.4 Å². The van der Waals surface area contributed by atoms with Crippen molar-refractivity contribution in [2.45, 2.75) is 26.2 Å². The van der Waals surface area contributed by atoms with E-state index in [4.69, 9.17) is 4.52 Å². The molecule has 3 heterocycles. The Morgan fingerprint density at radius 1 is 1.07 bits per heavy atom. The average Bonchev–Trinajstić information content (AvgIpc) is 3.23. The molecule has 2 aromatic heterocycles. The van der Waals surface area contributed by atoms with E-state index in [2.05, 4.69) is 39.4 Å². The van der Waals surface area contributed by atoms with Gasteiger partial charge in [-0.1, -0.05) is 35.5 Å². The smallest absolute Gasteiger partial charge is 0.259 e. The second kappa shape index (κ2) is 8.86. The first-order chi connectivity index (χ1) is 14.2. The number of carbonyl (C=O) groups excluding carboxylic acids is 1. The second-order valence-corrected chi connectivity index (χ2v) is 7.15. The molecule has 4 rings (SSSR count). The van der Waals surface area contributed by atoms with Gasteiger partial charge in [-0.05, 0) is 37.5 Å². The number of aryl methyl sites for hydroxylation is 2. The molecule has 7 heteroatoms. The first-order valence-electron chi connectivity index (χ1n) is 10.1. The van der Waals surface area contributed by atoms with E-state index in [9.17, 15) is 4.79 Å². The van der Waals surface area contributed by atoms with Crippen LogP contribution >= 0.6 is 0 Å². The Hall–Kier alpha value is -3.22. The molecule has 1 aromatic carbocycles. The number of anilines is 1. The highest BCUT2D eigenvalue weighted by Gasteiger charge is 2.23. The molecule has 0 bridgehead atoms. The lowest BCUT2D eigenvalue weighted by molar-refractivity contribution is -0.130. The zero-order valence-electron chi connectivity index (χ0n) is 16.6. The molecule has 7 nitrogen and oxygen atoms in total. The van der Waals surface area contributed by atoms with E-state index in [-0.39, 0.29) is 5.91 Å². The van der Waals surface area contributed by atoms with Crippen molar-refractivity contribution in [3.63, 3.8) is 0 Å². The van der Waals surface area contributed by atoms with E-state index in [1.807, 2.05) is 34.9 Å². The van der Waals surface area contributed by atoms with Crippen LogP contribution in [0.25, 0.3) is 11.5 Å². The fourth-order valence-electron chi connectivity index (χ4n) is 3.51. The number of piperazine rings is 1. The van der Waals surface area contributed by atoms with Crippen LogP contribution in [-0.4, -0.2) is 52.1 Å². The molecule has 1 fully saturated rings. The lowest BCUT2D eigenvalue weighted by atomic mass is 10.1. The predicted molar refractivity (Wildman–Crippen MR) is 110 cm³/mol. The molecular weight excluding hydrogens is 366 g/mol. The third-order valence-electron chi connectivity index (χ3n) is 5.20. The van der Waals surface area contributed by atoms with Gasteiger partial charge in [0.05, 0.1) is 12.1 Å². The van der Waals surface area contributed by atoms with Gasteiger partial charge in [-0.3, -0.25) is 4.79 Å². The van der Waals surface area contributed by atoms with Crippen molar-refractivity contribution in [1.82, 2.24) is 20.0 Å². The van der Waals surface area contributed by atoms with E-state index in [1.54, 1.807) is 6.20 Å². The van der Waals surface area contributed by atoms with Crippen molar-refractivity contribution in [2.24, 2.45) is 0 Å². The number of benzene rings is 1. The van der Waals surface area contributed by atoms with Crippen LogP contribution in [0.1, 0.15) is 24.7 Å². The van der Waals surface area contributed by atoms with Gasteiger partial charge in [0, 0.05) is 32.3 Å². The molecule has 150 valence electrons. The molecule has 0 radical (unpaired) electrons. The summed E-state index contributed by atoms with van der Waals surface area (Å²) in [4.78, 5) is 25.0. The molecule has 1 aliphatic rings.